The van der Waals surface area contributed by atoms with Crippen LogP contribution in [0.3, 0.4) is 0 Å². The fourth-order valence-electron chi connectivity index (χ4n) is 3.66. The Balaban J connectivity index is 1.52. The van der Waals surface area contributed by atoms with Crippen molar-refractivity contribution in [3.05, 3.63) is 35.7 Å². The van der Waals surface area contributed by atoms with Gasteiger partial charge in [-0.1, -0.05) is 54.8 Å². The summed E-state index contributed by atoms with van der Waals surface area (Å²) >= 11 is 0. The van der Waals surface area contributed by atoms with Crippen LogP contribution in [0.1, 0.15) is 50.6 Å². The van der Waals surface area contributed by atoms with Gasteiger partial charge in [0.15, 0.2) is 9.84 Å². The summed E-state index contributed by atoms with van der Waals surface area (Å²) < 4.78 is 29.8. The minimum absolute atomic E-state index is 0.0817. The Morgan fingerprint density at radius 3 is 2.45 bits per heavy atom. The molecule has 1 aromatic heterocycles. The van der Waals surface area contributed by atoms with E-state index in [1.54, 1.807) is 4.90 Å². The van der Waals surface area contributed by atoms with Gasteiger partial charge < -0.3 is 9.42 Å². The largest absolute Gasteiger partial charge is 0.339 e. The highest BCUT2D eigenvalue weighted by Crippen LogP contribution is 2.23. The highest BCUT2D eigenvalue weighted by atomic mass is 32.2. The molecule has 0 radical (unpaired) electrons. The molecule has 1 amide bonds. The fraction of sp³-hybridized carbons (Fsp3) is 0.591. The highest BCUT2D eigenvalue weighted by molar-refractivity contribution is 7.92. The van der Waals surface area contributed by atoms with Crippen molar-refractivity contribution >= 4 is 15.7 Å². The molecule has 1 unspecified atom stereocenters. The number of aromatic nitrogens is 2. The van der Waals surface area contributed by atoms with Gasteiger partial charge in [0.25, 0.3) is 0 Å². The Kier molecular flexibility index (Phi) is 7.83. The van der Waals surface area contributed by atoms with E-state index in [4.69, 9.17) is 4.52 Å². The van der Waals surface area contributed by atoms with Crippen molar-refractivity contribution in [1.29, 1.82) is 0 Å². The average molecular weight is 449 g/mol. The molecule has 9 heteroatoms. The first-order chi connectivity index (χ1) is 14.8. The molecule has 1 aromatic carbocycles. The molecule has 8 nitrogen and oxygen atoms in total. The van der Waals surface area contributed by atoms with E-state index in [2.05, 4.69) is 15.0 Å². The lowest BCUT2D eigenvalue weighted by molar-refractivity contribution is -0.130. The van der Waals surface area contributed by atoms with Crippen LogP contribution in [0.4, 0.5) is 0 Å². The van der Waals surface area contributed by atoms with Gasteiger partial charge in [0.05, 0.1) is 11.8 Å². The minimum atomic E-state index is -3.34. The quantitative estimate of drug-likeness (QED) is 0.544. The van der Waals surface area contributed by atoms with Gasteiger partial charge in [0.1, 0.15) is 5.75 Å². The molecule has 1 atom stereocenters. The van der Waals surface area contributed by atoms with Crippen LogP contribution >= 0.6 is 0 Å². The summed E-state index contributed by atoms with van der Waals surface area (Å²) in [6.45, 7) is 8.30. The third kappa shape index (κ3) is 6.36. The number of carbonyl (C=O) groups is 1. The summed E-state index contributed by atoms with van der Waals surface area (Å²) in [5.74, 6) is 0.487. The molecule has 2 heterocycles. The zero-order valence-corrected chi connectivity index (χ0v) is 19.4. The number of sulfone groups is 1. The van der Waals surface area contributed by atoms with Crippen molar-refractivity contribution in [2.24, 2.45) is 0 Å². The molecular weight excluding hydrogens is 416 g/mol. The first kappa shape index (κ1) is 23.4. The third-order valence-electron chi connectivity index (χ3n) is 5.73. The van der Waals surface area contributed by atoms with Crippen molar-refractivity contribution in [3.63, 3.8) is 0 Å². The molecule has 0 N–H and O–H groups in total. The van der Waals surface area contributed by atoms with Gasteiger partial charge in [-0.2, -0.15) is 4.98 Å². The normalized spacial score (nSPS) is 16.4. The summed E-state index contributed by atoms with van der Waals surface area (Å²) in [5, 5.41) is 4.10. The van der Waals surface area contributed by atoms with Crippen LogP contribution in [0.5, 0.6) is 0 Å². The van der Waals surface area contributed by atoms with E-state index in [1.807, 2.05) is 45.0 Å². The summed E-state index contributed by atoms with van der Waals surface area (Å²) in [6, 6.07) is 7.87. The maximum atomic E-state index is 12.5. The fourth-order valence-corrected chi connectivity index (χ4v) is 5.01. The Morgan fingerprint density at radius 1 is 1.13 bits per heavy atom. The monoisotopic (exact) mass is 448 g/mol. The predicted octanol–water partition coefficient (Wildman–Crippen LogP) is 2.86. The Morgan fingerprint density at radius 2 is 1.81 bits per heavy atom. The maximum absolute atomic E-state index is 12.5. The zero-order valence-electron chi connectivity index (χ0n) is 18.6. The Labute approximate surface area is 184 Å². The predicted molar refractivity (Wildman–Crippen MR) is 119 cm³/mol. The van der Waals surface area contributed by atoms with Crippen molar-refractivity contribution in [2.75, 3.05) is 37.7 Å². The standard InChI is InChI=1S/C22H32N4O4S/c1-4-5-6-15-31(28,29)16-20(27)26-13-11-25(12-14-26)18(3)22-23-21(24-30-22)19-9-7-17(2)8-10-19/h7-10,18H,4-6,11-16H2,1-3H3. The molecule has 31 heavy (non-hydrogen) atoms. The zero-order chi connectivity index (χ0) is 22.4. The van der Waals surface area contributed by atoms with Gasteiger partial charge in [-0.3, -0.25) is 9.69 Å². The molecule has 0 saturated carbocycles. The maximum Gasteiger partial charge on any atom is 0.244 e. The van der Waals surface area contributed by atoms with Crippen molar-refractivity contribution in [3.8, 4) is 11.4 Å². The van der Waals surface area contributed by atoms with E-state index >= 15 is 0 Å². The molecule has 1 fully saturated rings. The smallest absolute Gasteiger partial charge is 0.244 e. The van der Waals surface area contributed by atoms with E-state index in [9.17, 15) is 13.2 Å². The number of rotatable bonds is 9. The van der Waals surface area contributed by atoms with Crippen LogP contribution < -0.4 is 0 Å². The van der Waals surface area contributed by atoms with Gasteiger partial charge >= 0.3 is 0 Å². The molecule has 1 aliphatic heterocycles. The van der Waals surface area contributed by atoms with E-state index in [0.717, 1.165) is 18.4 Å². The number of benzene rings is 1. The van der Waals surface area contributed by atoms with Crippen LogP contribution in [0.2, 0.25) is 0 Å². The molecule has 0 aliphatic carbocycles. The number of carbonyl (C=O) groups excluding carboxylic acids is 1. The number of piperazine rings is 1. The Bertz CT molecular complexity index is 964. The first-order valence-corrected chi connectivity index (χ1v) is 12.7. The number of hydrogen-bond acceptors (Lipinski definition) is 7. The van der Waals surface area contributed by atoms with Crippen molar-refractivity contribution in [1.82, 2.24) is 19.9 Å². The first-order valence-electron chi connectivity index (χ1n) is 10.9. The number of aryl methyl sites for hydroxylation is 1. The molecule has 2 aromatic rings. The highest BCUT2D eigenvalue weighted by Gasteiger charge is 2.29. The van der Waals surface area contributed by atoms with Gasteiger partial charge in [-0.05, 0) is 20.3 Å². The SMILES string of the molecule is CCCCCS(=O)(=O)CC(=O)N1CCN(C(C)c2nc(-c3ccc(C)cc3)no2)CC1. The molecule has 0 spiro atoms. The van der Waals surface area contributed by atoms with E-state index in [1.165, 1.54) is 5.56 Å². The average Bonchev–Trinajstić information content (AvgIpc) is 3.24. The summed E-state index contributed by atoms with van der Waals surface area (Å²) in [6.07, 6.45) is 2.44. The molecule has 1 aliphatic rings. The van der Waals surface area contributed by atoms with Crippen LogP contribution in [-0.2, 0) is 14.6 Å². The number of amides is 1. The lowest BCUT2D eigenvalue weighted by Crippen LogP contribution is -2.50. The van der Waals surface area contributed by atoms with Crippen molar-refractivity contribution < 1.29 is 17.7 Å². The van der Waals surface area contributed by atoms with E-state index in [-0.39, 0.29) is 17.7 Å². The molecule has 3 rings (SSSR count). The van der Waals surface area contributed by atoms with Crippen molar-refractivity contribution in [2.45, 2.75) is 46.1 Å². The minimum Gasteiger partial charge on any atom is -0.339 e. The Hall–Kier alpha value is -2.26. The molecule has 0 bridgehead atoms. The van der Waals surface area contributed by atoms with Crippen LogP contribution in [-0.4, -0.2) is 72.0 Å². The van der Waals surface area contributed by atoms with Crippen LogP contribution in [0, 0.1) is 6.92 Å². The van der Waals surface area contributed by atoms with Gasteiger partial charge in [-0.25, -0.2) is 8.42 Å². The van der Waals surface area contributed by atoms with Crippen LogP contribution in [0.25, 0.3) is 11.4 Å². The topological polar surface area (TPSA) is 96.6 Å². The second-order valence-corrected chi connectivity index (χ2v) is 10.4. The summed E-state index contributed by atoms with van der Waals surface area (Å²) in [4.78, 5) is 20.8. The summed E-state index contributed by atoms with van der Waals surface area (Å²) in [5.41, 5.74) is 2.07. The lowest BCUT2D eigenvalue weighted by Gasteiger charge is -2.36. The third-order valence-corrected chi connectivity index (χ3v) is 7.32. The van der Waals surface area contributed by atoms with Gasteiger partial charge in [0.2, 0.25) is 17.6 Å². The molecular formula is C22H32N4O4S. The number of unbranched alkanes of at least 4 members (excludes halogenated alkanes) is 2. The van der Waals surface area contributed by atoms with E-state index in [0.29, 0.717) is 44.3 Å². The number of nitrogens with zero attached hydrogens (tertiary/aromatic N) is 4. The summed E-state index contributed by atoms with van der Waals surface area (Å²) in [7, 11) is -3.34. The molecule has 1 saturated heterocycles. The van der Waals surface area contributed by atoms with E-state index < -0.39 is 15.6 Å². The van der Waals surface area contributed by atoms with Gasteiger partial charge in [0, 0.05) is 31.7 Å². The van der Waals surface area contributed by atoms with Gasteiger partial charge in [-0.15, -0.1) is 0 Å². The lowest BCUT2D eigenvalue weighted by atomic mass is 10.1. The second kappa shape index (κ2) is 10.4. The second-order valence-electron chi connectivity index (χ2n) is 8.21. The van der Waals surface area contributed by atoms with Crippen LogP contribution in [0.15, 0.2) is 28.8 Å². The number of hydrogen-bond donors (Lipinski definition) is 0. The molecule has 170 valence electrons.